The standard InChI is InChI=1S/C12H17N3O/c13-7-11-6-10(4-5-14-11)12(16)15-8-9-2-1-3-9/h4-6,9H,1-3,7-8,13H2,(H,15,16). The molecule has 4 nitrogen and oxygen atoms in total. The highest BCUT2D eigenvalue weighted by molar-refractivity contribution is 5.94. The number of carbonyl (C=O) groups excluding carboxylic acids is 1. The van der Waals surface area contributed by atoms with Gasteiger partial charge in [0.1, 0.15) is 0 Å². The minimum atomic E-state index is -0.0241. The van der Waals surface area contributed by atoms with Crippen molar-refractivity contribution in [2.45, 2.75) is 25.8 Å². The maximum atomic E-state index is 11.8. The van der Waals surface area contributed by atoms with Crippen molar-refractivity contribution in [3.8, 4) is 0 Å². The van der Waals surface area contributed by atoms with Crippen LogP contribution in [0.1, 0.15) is 35.3 Å². The van der Waals surface area contributed by atoms with Crippen molar-refractivity contribution < 1.29 is 4.79 Å². The van der Waals surface area contributed by atoms with Gasteiger partial charge in [0.25, 0.3) is 5.91 Å². The van der Waals surface area contributed by atoms with E-state index in [0.717, 1.165) is 12.2 Å². The summed E-state index contributed by atoms with van der Waals surface area (Å²) >= 11 is 0. The fourth-order valence-corrected chi connectivity index (χ4v) is 1.77. The van der Waals surface area contributed by atoms with Crippen LogP contribution in [0.25, 0.3) is 0 Å². The molecule has 2 rings (SSSR count). The molecule has 0 atom stereocenters. The van der Waals surface area contributed by atoms with Crippen LogP contribution in [-0.2, 0) is 6.54 Å². The largest absolute Gasteiger partial charge is 0.352 e. The second-order valence-corrected chi connectivity index (χ2v) is 4.25. The summed E-state index contributed by atoms with van der Waals surface area (Å²) in [5, 5.41) is 2.94. The molecule has 1 aromatic rings. The van der Waals surface area contributed by atoms with E-state index in [1.54, 1.807) is 18.3 Å². The summed E-state index contributed by atoms with van der Waals surface area (Å²) in [6.45, 7) is 1.16. The molecule has 3 N–H and O–H groups in total. The second kappa shape index (κ2) is 5.07. The molecule has 0 saturated heterocycles. The number of nitrogens with zero attached hydrogens (tertiary/aromatic N) is 1. The summed E-state index contributed by atoms with van der Waals surface area (Å²) in [5.41, 5.74) is 6.87. The van der Waals surface area contributed by atoms with Crippen molar-refractivity contribution in [2.24, 2.45) is 11.7 Å². The number of carbonyl (C=O) groups is 1. The zero-order chi connectivity index (χ0) is 11.4. The van der Waals surface area contributed by atoms with Crippen molar-refractivity contribution in [3.05, 3.63) is 29.6 Å². The van der Waals surface area contributed by atoms with Crippen molar-refractivity contribution in [1.82, 2.24) is 10.3 Å². The van der Waals surface area contributed by atoms with Crippen LogP contribution in [0.15, 0.2) is 18.3 Å². The monoisotopic (exact) mass is 219 g/mol. The molecule has 1 heterocycles. The van der Waals surface area contributed by atoms with E-state index in [1.807, 2.05) is 0 Å². The quantitative estimate of drug-likeness (QED) is 0.796. The number of nitrogens with one attached hydrogen (secondary N) is 1. The minimum Gasteiger partial charge on any atom is -0.352 e. The smallest absolute Gasteiger partial charge is 0.251 e. The zero-order valence-electron chi connectivity index (χ0n) is 9.28. The fraction of sp³-hybridized carbons (Fsp3) is 0.500. The van der Waals surface area contributed by atoms with Crippen LogP contribution in [-0.4, -0.2) is 17.4 Å². The summed E-state index contributed by atoms with van der Waals surface area (Å²) in [6, 6.07) is 3.46. The van der Waals surface area contributed by atoms with Crippen LogP contribution in [0.5, 0.6) is 0 Å². The average molecular weight is 219 g/mol. The van der Waals surface area contributed by atoms with Crippen molar-refractivity contribution >= 4 is 5.91 Å². The first-order valence-electron chi connectivity index (χ1n) is 5.73. The van der Waals surface area contributed by atoms with E-state index in [-0.39, 0.29) is 5.91 Å². The summed E-state index contributed by atoms with van der Waals surface area (Å²) in [5.74, 6) is 0.656. The second-order valence-electron chi connectivity index (χ2n) is 4.25. The van der Waals surface area contributed by atoms with Crippen LogP contribution >= 0.6 is 0 Å². The van der Waals surface area contributed by atoms with Gasteiger partial charge in [0.15, 0.2) is 0 Å². The van der Waals surface area contributed by atoms with E-state index in [1.165, 1.54) is 19.3 Å². The van der Waals surface area contributed by atoms with Gasteiger partial charge in [-0.15, -0.1) is 0 Å². The molecule has 1 aliphatic rings. The van der Waals surface area contributed by atoms with Crippen molar-refractivity contribution in [1.29, 1.82) is 0 Å². The molecule has 1 aliphatic carbocycles. The fourth-order valence-electron chi connectivity index (χ4n) is 1.77. The molecule has 0 radical (unpaired) electrons. The number of pyridine rings is 1. The lowest BCUT2D eigenvalue weighted by atomic mass is 9.85. The predicted molar refractivity (Wildman–Crippen MR) is 61.8 cm³/mol. The van der Waals surface area contributed by atoms with Gasteiger partial charge in [-0.1, -0.05) is 6.42 Å². The summed E-state index contributed by atoms with van der Waals surface area (Å²) in [4.78, 5) is 15.8. The Kier molecular flexibility index (Phi) is 3.51. The third-order valence-corrected chi connectivity index (χ3v) is 3.06. The van der Waals surface area contributed by atoms with E-state index in [2.05, 4.69) is 10.3 Å². The van der Waals surface area contributed by atoms with Gasteiger partial charge in [-0.2, -0.15) is 0 Å². The lowest BCUT2D eigenvalue weighted by Gasteiger charge is -2.25. The van der Waals surface area contributed by atoms with Gasteiger partial charge in [-0.05, 0) is 30.9 Å². The van der Waals surface area contributed by atoms with Crippen LogP contribution in [0.2, 0.25) is 0 Å². The maximum absolute atomic E-state index is 11.8. The van der Waals surface area contributed by atoms with Crippen LogP contribution in [0, 0.1) is 5.92 Å². The summed E-state index contributed by atoms with van der Waals surface area (Å²) in [7, 11) is 0. The van der Waals surface area contributed by atoms with Crippen molar-refractivity contribution in [2.75, 3.05) is 6.54 Å². The SMILES string of the molecule is NCc1cc(C(=O)NCC2CCC2)ccn1. The molecule has 0 spiro atoms. The number of rotatable bonds is 4. The average Bonchev–Trinajstić information content (AvgIpc) is 2.27. The first-order valence-corrected chi connectivity index (χ1v) is 5.73. The number of nitrogens with two attached hydrogens (primary N) is 1. The highest BCUT2D eigenvalue weighted by Gasteiger charge is 2.18. The molecule has 4 heteroatoms. The predicted octanol–water partition coefficient (Wildman–Crippen LogP) is 1.07. The topological polar surface area (TPSA) is 68.0 Å². The van der Waals surface area contributed by atoms with E-state index >= 15 is 0 Å². The zero-order valence-corrected chi connectivity index (χ0v) is 9.28. The lowest BCUT2D eigenvalue weighted by Crippen LogP contribution is -2.32. The molecule has 0 unspecified atom stereocenters. The van der Waals surface area contributed by atoms with E-state index < -0.39 is 0 Å². The van der Waals surface area contributed by atoms with Crippen LogP contribution < -0.4 is 11.1 Å². The summed E-state index contributed by atoms with van der Waals surface area (Å²) in [6.07, 6.45) is 5.41. The molecule has 1 saturated carbocycles. The Balaban J connectivity index is 1.91. The Labute approximate surface area is 95.3 Å². The molecule has 86 valence electrons. The molecule has 1 amide bonds. The summed E-state index contributed by atoms with van der Waals surface area (Å²) < 4.78 is 0. The molecular weight excluding hydrogens is 202 g/mol. The van der Waals surface area contributed by atoms with E-state index in [4.69, 9.17) is 5.73 Å². The van der Waals surface area contributed by atoms with Gasteiger partial charge in [-0.25, -0.2) is 0 Å². The normalized spacial score (nSPS) is 15.6. The molecule has 1 fully saturated rings. The van der Waals surface area contributed by atoms with Gasteiger partial charge < -0.3 is 11.1 Å². The van der Waals surface area contributed by atoms with Gasteiger partial charge in [0.05, 0.1) is 5.69 Å². The molecule has 0 bridgehead atoms. The first-order chi connectivity index (χ1) is 7.79. The maximum Gasteiger partial charge on any atom is 0.251 e. The Morgan fingerprint density at radius 1 is 1.56 bits per heavy atom. The lowest BCUT2D eigenvalue weighted by molar-refractivity contribution is 0.0939. The van der Waals surface area contributed by atoms with Crippen LogP contribution in [0.3, 0.4) is 0 Å². The number of aromatic nitrogens is 1. The third kappa shape index (κ3) is 2.58. The third-order valence-electron chi connectivity index (χ3n) is 3.06. The number of hydrogen-bond acceptors (Lipinski definition) is 3. The molecule has 0 aromatic carbocycles. The molecule has 16 heavy (non-hydrogen) atoms. The van der Waals surface area contributed by atoms with Gasteiger partial charge in [0.2, 0.25) is 0 Å². The van der Waals surface area contributed by atoms with Gasteiger partial charge in [0, 0.05) is 24.8 Å². The van der Waals surface area contributed by atoms with E-state index in [0.29, 0.717) is 18.0 Å². The van der Waals surface area contributed by atoms with Crippen LogP contribution in [0.4, 0.5) is 0 Å². The highest BCUT2D eigenvalue weighted by atomic mass is 16.1. The first kappa shape index (κ1) is 11.1. The number of hydrogen-bond donors (Lipinski definition) is 2. The Morgan fingerprint density at radius 2 is 2.38 bits per heavy atom. The number of amides is 1. The Morgan fingerprint density at radius 3 is 3.00 bits per heavy atom. The minimum absolute atomic E-state index is 0.0241. The molecule has 0 aliphatic heterocycles. The van der Waals surface area contributed by atoms with Gasteiger partial charge in [-0.3, -0.25) is 9.78 Å². The highest BCUT2D eigenvalue weighted by Crippen LogP contribution is 2.25. The molecule has 1 aromatic heterocycles. The Hall–Kier alpha value is -1.42. The Bertz CT molecular complexity index is 374. The molecular formula is C12H17N3O. The van der Waals surface area contributed by atoms with Crippen molar-refractivity contribution in [3.63, 3.8) is 0 Å². The van der Waals surface area contributed by atoms with Gasteiger partial charge >= 0.3 is 0 Å². The van der Waals surface area contributed by atoms with E-state index in [9.17, 15) is 4.79 Å².